The summed E-state index contributed by atoms with van der Waals surface area (Å²) in [6.45, 7) is 0.696. The quantitative estimate of drug-likeness (QED) is 0.623. The smallest absolute Gasteiger partial charge is 0.286 e. The van der Waals surface area contributed by atoms with Crippen LogP contribution in [-0.4, -0.2) is 58.8 Å². The molecule has 2 heterocycles. The number of carbonyl (C=O) groups is 2. The number of carbonyl (C=O) groups excluding carboxylic acids is 2. The minimum atomic E-state index is -0.863. The number of likely N-dealkylation sites (tertiary alicyclic amines) is 1. The molecule has 7 heteroatoms. The molecular weight excluding hydrogens is 264 g/mol. The van der Waals surface area contributed by atoms with Crippen LogP contribution < -0.4 is 5.32 Å². The summed E-state index contributed by atoms with van der Waals surface area (Å²) in [6.07, 6.45) is 0.448. The number of amides is 2. The van der Waals surface area contributed by atoms with Gasteiger partial charge in [-0.25, -0.2) is 0 Å². The first-order valence-corrected chi connectivity index (χ1v) is 6.53. The van der Waals surface area contributed by atoms with Crippen LogP contribution in [0, 0.1) is 0 Å². The number of hydrogen-bond donors (Lipinski definition) is 3. The van der Waals surface area contributed by atoms with Crippen LogP contribution in [0.1, 0.15) is 23.4 Å². The van der Waals surface area contributed by atoms with Crippen molar-refractivity contribution in [3.8, 4) is 0 Å². The zero-order valence-electron chi connectivity index (χ0n) is 11.0. The summed E-state index contributed by atoms with van der Waals surface area (Å²) in [5.41, 5.74) is 0. The normalized spacial score (nSPS) is 22.0. The summed E-state index contributed by atoms with van der Waals surface area (Å²) in [5.74, 6) is -0.204. The lowest BCUT2D eigenvalue weighted by atomic mass is 10.2. The number of aliphatic hydroxyl groups is 2. The number of rotatable bonds is 5. The first-order valence-electron chi connectivity index (χ1n) is 6.53. The second-order valence-electron chi connectivity index (χ2n) is 4.77. The molecule has 0 bridgehead atoms. The molecule has 0 aromatic carbocycles. The summed E-state index contributed by atoms with van der Waals surface area (Å²) in [5, 5.41) is 21.4. The highest BCUT2D eigenvalue weighted by Gasteiger charge is 2.31. The average molecular weight is 282 g/mol. The molecule has 2 rings (SSSR count). The van der Waals surface area contributed by atoms with Gasteiger partial charge < -0.3 is 24.8 Å². The maximum absolute atomic E-state index is 11.8. The average Bonchev–Trinajstić information content (AvgIpc) is 3.05. The predicted octanol–water partition coefficient (Wildman–Crippen LogP) is -0.646. The maximum Gasteiger partial charge on any atom is 0.286 e. The molecule has 1 fully saturated rings. The van der Waals surface area contributed by atoms with Crippen molar-refractivity contribution in [1.82, 2.24) is 10.2 Å². The lowest BCUT2D eigenvalue weighted by molar-refractivity contribution is -0.130. The van der Waals surface area contributed by atoms with E-state index in [2.05, 4.69) is 5.32 Å². The minimum absolute atomic E-state index is 0.132. The zero-order chi connectivity index (χ0) is 14.5. The van der Waals surface area contributed by atoms with Crippen molar-refractivity contribution in [2.75, 3.05) is 19.6 Å². The Labute approximate surface area is 116 Å². The van der Waals surface area contributed by atoms with E-state index in [9.17, 15) is 19.8 Å². The second-order valence-corrected chi connectivity index (χ2v) is 4.77. The van der Waals surface area contributed by atoms with E-state index in [0.717, 1.165) is 0 Å². The predicted molar refractivity (Wildman–Crippen MR) is 68.9 cm³/mol. The van der Waals surface area contributed by atoms with Crippen molar-refractivity contribution in [3.63, 3.8) is 0 Å². The van der Waals surface area contributed by atoms with Gasteiger partial charge in [-0.05, 0) is 18.6 Å². The van der Waals surface area contributed by atoms with Crippen molar-refractivity contribution in [3.05, 3.63) is 24.2 Å². The van der Waals surface area contributed by atoms with Gasteiger partial charge in [-0.15, -0.1) is 0 Å². The number of nitrogens with one attached hydrogen (secondary N) is 1. The van der Waals surface area contributed by atoms with Gasteiger partial charge in [0.05, 0.1) is 18.5 Å². The number of nitrogens with zero attached hydrogens (tertiary/aromatic N) is 1. The van der Waals surface area contributed by atoms with E-state index < -0.39 is 12.2 Å². The van der Waals surface area contributed by atoms with Crippen molar-refractivity contribution < 1.29 is 24.2 Å². The van der Waals surface area contributed by atoms with Gasteiger partial charge >= 0.3 is 0 Å². The van der Waals surface area contributed by atoms with Crippen molar-refractivity contribution in [2.45, 2.75) is 25.0 Å². The molecule has 2 amide bonds. The Balaban J connectivity index is 1.64. The molecule has 20 heavy (non-hydrogen) atoms. The van der Waals surface area contributed by atoms with E-state index in [1.165, 1.54) is 11.2 Å². The van der Waals surface area contributed by atoms with Crippen LogP contribution in [0.25, 0.3) is 0 Å². The molecular formula is C13H18N2O5. The highest BCUT2D eigenvalue weighted by Crippen LogP contribution is 2.11. The molecule has 1 aromatic rings. The fourth-order valence-electron chi connectivity index (χ4n) is 2.07. The molecule has 7 nitrogen and oxygen atoms in total. The van der Waals surface area contributed by atoms with Gasteiger partial charge in [-0.1, -0.05) is 0 Å². The van der Waals surface area contributed by atoms with Crippen LogP contribution in [0.2, 0.25) is 0 Å². The minimum Gasteiger partial charge on any atom is -0.459 e. The van der Waals surface area contributed by atoms with Crippen LogP contribution in [0.15, 0.2) is 22.8 Å². The largest absolute Gasteiger partial charge is 0.459 e. The monoisotopic (exact) mass is 282 g/mol. The van der Waals surface area contributed by atoms with Gasteiger partial charge in [0, 0.05) is 26.1 Å². The summed E-state index contributed by atoms with van der Waals surface area (Å²) in [4.78, 5) is 24.7. The molecule has 0 saturated carbocycles. The van der Waals surface area contributed by atoms with Gasteiger partial charge in [0.25, 0.3) is 5.91 Å². The molecule has 1 saturated heterocycles. The zero-order valence-corrected chi connectivity index (χ0v) is 11.0. The highest BCUT2D eigenvalue weighted by atomic mass is 16.3. The lowest BCUT2D eigenvalue weighted by Gasteiger charge is -2.15. The van der Waals surface area contributed by atoms with E-state index in [1.807, 2.05) is 0 Å². The fourth-order valence-corrected chi connectivity index (χ4v) is 2.07. The number of hydrogen-bond acceptors (Lipinski definition) is 5. The van der Waals surface area contributed by atoms with E-state index in [0.29, 0.717) is 13.0 Å². The van der Waals surface area contributed by atoms with Crippen molar-refractivity contribution in [1.29, 1.82) is 0 Å². The Morgan fingerprint density at radius 2 is 2.05 bits per heavy atom. The Morgan fingerprint density at radius 3 is 2.65 bits per heavy atom. The summed E-state index contributed by atoms with van der Waals surface area (Å²) in [7, 11) is 0. The summed E-state index contributed by atoms with van der Waals surface area (Å²) >= 11 is 0. The van der Waals surface area contributed by atoms with Crippen LogP contribution in [-0.2, 0) is 4.79 Å². The molecule has 0 radical (unpaired) electrons. The SMILES string of the molecule is O=C(NCCCC(=O)N1CC(O)C(O)C1)c1ccco1. The van der Waals surface area contributed by atoms with Crippen LogP contribution in [0.5, 0.6) is 0 Å². The molecule has 0 spiro atoms. The van der Waals surface area contributed by atoms with Crippen molar-refractivity contribution in [2.24, 2.45) is 0 Å². The number of furan rings is 1. The summed E-state index contributed by atoms with van der Waals surface area (Å²) < 4.78 is 4.94. The van der Waals surface area contributed by atoms with Gasteiger partial charge in [-0.3, -0.25) is 9.59 Å². The molecule has 1 aliphatic rings. The highest BCUT2D eigenvalue weighted by molar-refractivity contribution is 5.91. The first kappa shape index (κ1) is 14.5. The third kappa shape index (κ3) is 3.58. The van der Waals surface area contributed by atoms with E-state index >= 15 is 0 Å². The third-order valence-corrected chi connectivity index (χ3v) is 3.21. The standard InChI is InChI=1S/C13H18N2O5/c16-9-7-15(8-10(9)17)12(18)4-1-5-14-13(19)11-3-2-6-20-11/h2-3,6,9-10,16-17H,1,4-5,7-8H2,(H,14,19). The topological polar surface area (TPSA) is 103 Å². The fraction of sp³-hybridized carbons (Fsp3) is 0.538. The van der Waals surface area contributed by atoms with Gasteiger partial charge in [0.2, 0.25) is 5.91 Å². The molecule has 2 atom stereocenters. The van der Waals surface area contributed by atoms with Crippen LogP contribution in [0.3, 0.4) is 0 Å². The maximum atomic E-state index is 11.8. The van der Waals surface area contributed by atoms with Gasteiger partial charge in [-0.2, -0.15) is 0 Å². The first-order chi connectivity index (χ1) is 9.58. The Kier molecular flexibility index (Phi) is 4.75. The van der Waals surface area contributed by atoms with Crippen molar-refractivity contribution >= 4 is 11.8 Å². The molecule has 3 N–H and O–H groups in total. The number of aliphatic hydroxyl groups excluding tert-OH is 2. The van der Waals surface area contributed by atoms with Gasteiger partial charge in [0.15, 0.2) is 5.76 Å². The van der Waals surface area contributed by atoms with Gasteiger partial charge in [0.1, 0.15) is 0 Å². The molecule has 1 aromatic heterocycles. The summed E-state index contributed by atoms with van der Waals surface area (Å²) in [6, 6.07) is 3.19. The lowest BCUT2D eigenvalue weighted by Crippen LogP contribution is -2.31. The molecule has 0 aliphatic carbocycles. The molecule has 2 unspecified atom stereocenters. The Bertz CT molecular complexity index is 449. The Hall–Kier alpha value is -1.86. The second kappa shape index (κ2) is 6.53. The van der Waals surface area contributed by atoms with Crippen LogP contribution >= 0.6 is 0 Å². The van der Waals surface area contributed by atoms with E-state index in [4.69, 9.17) is 4.42 Å². The third-order valence-electron chi connectivity index (χ3n) is 3.21. The number of β-amino-alcohol motifs (C(OH)–C–C–N with tert-alkyl or cyclic N) is 2. The Morgan fingerprint density at radius 1 is 1.35 bits per heavy atom. The van der Waals surface area contributed by atoms with Crippen LogP contribution in [0.4, 0.5) is 0 Å². The van der Waals surface area contributed by atoms with E-state index in [-0.39, 0.29) is 37.1 Å². The molecule has 1 aliphatic heterocycles. The molecule has 110 valence electrons. The van der Waals surface area contributed by atoms with E-state index in [1.54, 1.807) is 12.1 Å².